The third-order valence-electron chi connectivity index (χ3n) is 5.57. The summed E-state index contributed by atoms with van der Waals surface area (Å²) < 4.78 is 0. The van der Waals surface area contributed by atoms with Crippen LogP contribution in [0.3, 0.4) is 0 Å². The minimum atomic E-state index is -1.94. The van der Waals surface area contributed by atoms with Crippen LogP contribution in [0, 0.1) is 0 Å². The molecule has 0 saturated carbocycles. The molecule has 1 aromatic heterocycles. The van der Waals surface area contributed by atoms with Gasteiger partial charge >= 0.3 is 0 Å². The number of phenolic OH excluding ortho intramolecular Hbond substituents is 1. The number of hydrazine groups is 1. The van der Waals surface area contributed by atoms with Crippen molar-refractivity contribution >= 4 is 17.5 Å². The topological polar surface area (TPSA) is 138 Å². The van der Waals surface area contributed by atoms with Gasteiger partial charge in [-0.2, -0.15) is 0 Å². The molecule has 10 nitrogen and oxygen atoms in total. The van der Waals surface area contributed by atoms with Gasteiger partial charge in [0.2, 0.25) is 0 Å². The van der Waals surface area contributed by atoms with E-state index in [-0.39, 0.29) is 18.8 Å². The summed E-state index contributed by atoms with van der Waals surface area (Å²) in [5.41, 5.74) is 5.80. The molecule has 0 fully saturated rings. The number of hydrogen-bond acceptors (Lipinski definition) is 8. The normalized spacial score (nSPS) is 17.7. The van der Waals surface area contributed by atoms with Gasteiger partial charge in [0.1, 0.15) is 5.75 Å². The number of aromatic hydroxyl groups is 1. The van der Waals surface area contributed by atoms with Crippen LogP contribution in [0.1, 0.15) is 29.8 Å². The number of nitrogens with zero attached hydrogens (tertiary/aromatic N) is 3. The van der Waals surface area contributed by atoms with Crippen LogP contribution in [0.15, 0.2) is 48.8 Å². The molecule has 0 spiro atoms. The Labute approximate surface area is 184 Å². The van der Waals surface area contributed by atoms with Crippen molar-refractivity contribution in [3.63, 3.8) is 0 Å². The van der Waals surface area contributed by atoms with E-state index in [1.807, 2.05) is 12.1 Å². The summed E-state index contributed by atoms with van der Waals surface area (Å²) in [6.07, 6.45) is 1.48. The van der Waals surface area contributed by atoms with Crippen molar-refractivity contribution in [2.45, 2.75) is 38.3 Å². The number of rotatable bonds is 6. The third-order valence-corrected chi connectivity index (χ3v) is 5.57. The Bertz CT molecular complexity index is 1030. The number of amides is 2. The number of carbonyl (C=O) groups is 2. The molecular weight excluding hydrogens is 414 g/mol. The fourth-order valence-electron chi connectivity index (χ4n) is 3.74. The highest BCUT2D eigenvalue weighted by Crippen LogP contribution is 2.30. The van der Waals surface area contributed by atoms with E-state index in [1.54, 1.807) is 42.5 Å². The van der Waals surface area contributed by atoms with Crippen LogP contribution in [-0.4, -0.2) is 55.8 Å². The molecular formula is C22H25N5O5. The van der Waals surface area contributed by atoms with Crippen molar-refractivity contribution in [2.75, 3.05) is 11.6 Å². The van der Waals surface area contributed by atoms with Crippen molar-refractivity contribution in [1.82, 2.24) is 20.6 Å². The number of aromatic nitrogens is 1. The van der Waals surface area contributed by atoms with Crippen molar-refractivity contribution in [1.29, 1.82) is 0 Å². The van der Waals surface area contributed by atoms with Gasteiger partial charge in [0.05, 0.1) is 24.0 Å². The Kier molecular flexibility index (Phi) is 6.08. The number of aliphatic hydroxyl groups is 2. The van der Waals surface area contributed by atoms with Gasteiger partial charge < -0.3 is 25.5 Å². The van der Waals surface area contributed by atoms with E-state index in [2.05, 4.69) is 15.7 Å². The van der Waals surface area contributed by atoms with Gasteiger partial charge in [-0.1, -0.05) is 18.2 Å². The maximum Gasteiger partial charge on any atom is 0.255 e. The first-order valence-electron chi connectivity index (χ1n) is 10.3. The molecule has 3 atom stereocenters. The Hall–Kier alpha value is -3.47. The van der Waals surface area contributed by atoms with Gasteiger partial charge in [0.25, 0.3) is 11.8 Å². The van der Waals surface area contributed by atoms with Crippen LogP contribution in [0.25, 0.3) is 0 Å². The number of anilines is 1. The molecule has 2 aliphatic rings. The average molecular weight is 439 g/mol. The number of fused-ring (bicyclic) bond motifs is 1. The fraction of sp³-hybridized carbons (Fsp3) is 0.318. The summed E-state index contributed by atoms with van der Waals surface area (Å²) in [4.78, 5) is 30.6. The molecule has 3 heterocycles. The van der Waals surface area contributed by atoms with Gasteiger partial charge in [-0.05, 0) is 36.2 Å². The Morgan fingerprint density at radius 2 is 2.00 bits per heavy atom. The van der Waals surface area contributed by atoms with E-state index in [9.17, 15) is 24.9 Å². The number of carbonyl (C=O) groups excluding carboxylic acids is 2. The Balaban J connectivity index is 1.36. The summed E-state index contributed by atoms with van der Waals surface area (Å²) in [5.74, 6) is -1.62. The summed E-state index contributed by atoms with van der Waals surface area (Å²) >= 11 is 0. The zero-order valence-electron chi connectivity index (χ0n) is 17.5. The number of phenols is 1. The first kappa shape index (κ1) is 21.8. The summed E-state index contributed by atoms with van der Waals surface area (Å²) in [6.45, 7) is 2.80. The highest BCUT2D eigenvalue weighted by Gasteiger charge is 2.36. The molecule has 1 aromatic carbocycles. The Morgan fingerprint density at radius 1 is 1.19 bits per heavy atom. The summed E-state index contributed by atoms with van der Waals surface area (Å²) in [5, 5.41) is 35.2. The lowest BCUT2D eigenvalue weighted by Crippen LogP contribution is -2.50. The molecule has 2 amide bonds. The maximum atomic E-state index is 12.6. The first-order chi connectivity index (χ1) is 15.3. The largest absolute Gasteiger partial charge is 0.506 e. The maximum absolute atomic E-state index is 12.6. The Morgan fingerprint density at radius 3 is 2.69 bits per heavy atom. The second kappa shape index (κ2) is 8.95. The van der Waals surface area contributed by atoms with Crippen molar-refractivity contribution in [2.24, 2.45) is 0 Å². The minimum absolute atomic E-state index is 0.0145. The third kappa shape index (κ3) is 4.28. The molecule has 10 heteroatoms. The van der Waals surface area contributed by atoms with Crippen LogP contribution >= 0.6 is 0 Å². The van der Waals surface area contributed by atoms with E-state index in [0.717, 1.165) is 11.3 Å². The van der Waals surface area contributed by atoms with Gasteiger partial charge in [0.15, 0.2) is 12.2 Å². The zero-order chi connectivity index (χ0) is 22.8. The minimum Gasteiger partial charge on any atom is -0.506 e. The highest BCUT2D eigenvalue weighted by atomic mass is 16.3. The van der Waals surface area contributed by atoms with E-state index >= 15 is 0 Å². The van der Waals surface area contributed by atoms with E-state index < -0.39 is 30.1 Å². The highest BCUT2D eigenvalue weighted by molar-refractivity contribution is 5.91. The summed E-state index contributed by atoms with van der Waals surface area (Å²) in [6, 6.07) is 7.96. The van der Waals surface area contributed by atoms with Crippen molar-refractivity contribution in [3.05, 3.63) is 65.6 Å². The van der Waals surface area contributed by atoms with E-state index in [0.29, 0.717) is 17.8 Å². The SMILES string of the molecule is C[C@@H](NC(=O)[C@H](O)[C@@H](O)C(=O)N1Cc2cccnc2C1)c1ccc(N2C=CCN2)c(O)c1. The van der Waals surface area contributed by atoms with Gasteiger partial charge in [-0.3, -0.25) is 19.6 Å². The quantitative estimate of drug-likeness (QED) is 0.426. The molecule has 5 N–H and O–H groups in total. The lowest BCUT2D eigenvalue weighted by Gasteiger charge is -2.24. The second-order valence-corrected chi connectivity index (χ2v) is 7.79. The van der Waals surface area contributed by atoms with Crippen molar-refractivity contribution < 1.29 is 24.9 Å². The van der Waals surface area contributed by atoms with Crippen molar-refractivity contribution in [3.8, 4) is 5.75 Å². The summed E-state index contributed by atoms with van der Waals surface area (Å²) in [7, 11) is 0. The molecule has 2 aliphatic heterocycles. The molecule has 2 aromatic rings. The second-order valence-electron chi connectivity index (χ2n) is 7.79. The molecule has 0 unspecified atom stereocenters. The number of aliphatic hydroxyl groups excluding tert-OH is 2. The van der Waals surface area contributed by atoms with Crippen LogP contribution in [0.4, 0.5) is 5.69 Å². The predicted octanol–water partition coefficient (Wildman–Crippen LogP) is 0.0669. The van der Waals surface area contributed by atoms with Crippen LogP contribution < -0.4 is 15.8 Å². The first-order valence-corrected chi connectivity index (χ1v) is 10.3. The van der Waals surface area contributed by atoms with Gasteiger partial charge in [-0.15, -0.1) is 0 Å². The smallest absolute Gasteiger partial charge is 0.255 e. The standard InChI is InChI=1S/C22H25N5O5/c1-13(14-5-6-17(18(28)10-14)27-9-3-8-24-27)25-21(31)19(29)20(30)22(32)26-11-15-4-2-7-23-16(15)12-26/h2-7,9-10,13,19-20,24,28-30H,8,11-12H2,1H3,(H,25,31)/t13-,19-,20-/m1/s1. The predicted molar refractivity (Wildman–Crippen MR) is 115 cm³/mol. The molecule has 0 radical (unpaired) electrons. The molecule has 168 valence electrons. The van der Waals surface area contributed by atoms with Crippen LogP contribution in [0.5, 0.6) is 5.75 Å². The number of pyridine rings is 1. The lowest BCUT2D eigenvalue weighted by atomic mass is 10.1. The van der Waals surface area contributed by atoms with E-state index in [4.69, 9.17) is 0 Å². The molecule has 0 aliphatic carbocycles. The molecule has 4 rings (SSSR count). The number of hydrogen-bond donors (Lipinski definition) is 5. The number of nitrogens with one attached hydrogen (secondary N) is 2. The van der Waals surface area contributed by atoms with Gasteiger partial charge in [0, 0.05) is 25.5 Å². The molecule has 0 saturated heterocycles. The monoisotopic (exact) mass is 439 g/mol. The average Bonchev–Trinajstić information content (AvgIpc) is 3.47. The lowest BCUT2D eigenvalue weighted by molar-refractivity contribution is -0.153. The molecule has 32 heavy (non-hydrogen) atoms. The number of benzene rings is 1. The van der Waals surface area contributed by atoms with Gasteiger partial charge in [-0.25, -0.2) is 5.43 Å². The van der Waals surface area contributed by atoms with Crippen LogP contribution in [0.2, 0.25) is 0 Å². The zero-order valence-corrected chi connectivity index (χ0v) is 17.5. The van der Waals surface area contributed by atoms with E-state index in [1.165, 1.54) is 11.0 Å². The van der Waals surface area contributed by atoms with Crippen LogP contribution in [-0.2, 0) is 22.7 Å². The molecule has 0 bridgehead atoms. The fourth-order valence-corrected chi connectivity index (χ4v) is 3.74.